The Morgan fingerprint density at radius 1 is 1.06 bits per heavy atom. The van der Waals surface area contributed by atoms with Gasteiger partial charge in [0.25, 0.3) is 0 Å². The first-order valence-electron chi connectivity index (χ1n) is 7.35. The van der Waals surface area contributed by atoms with Crippen LogP contribution < -0.4 is 0 Å². The van der Waals surface area contributed by atoms with Gasteiger partial charge in [-0.2, -0.15) is 4.91 Å². The summed E-state index contributed by atoms with van der Waals surface area (Å²) in [4.78, 5) is 10.4. The second kappa shape index (κ2) is 6.93. The van der Waals surface area contributed by atoms with Crippen LogP contribution in [0.3, 0.4) is 0 Å². The van der Waals surface area contributed by atoms with Crippen LogP contribution >= 0.6 is 0 Å². The van der Waals surface area contributed by atoms with Crippen molar-refractivity contribution in [1.82, 2.24) is 0 Å². The summed E-state index contributed by atoms with van der Waals surface area (Å²) < 4.78 is 0. The van der Waals surface area contributed by atoms with Gasteiger partial charge in [0.2, 0.25) is 0 Å². The Morgan fingerprint density at radius 3 is 2.65 bits per heavy atom. The van der Waals surface area contributed by atoms with Crippen molar-refractivity contribution in [2.24, 2.45) is 17.0 Å². The average Bonchev–Trinajstić information content (AvgIpc) is 2.34. The Balaban J connectivity index is 1.91. The number of rotatable bonds is 2. The SMILES string of the molecule is O=NCC1CCCCC=C2CCC(CC2)CC1. The minimum atomic E-state index is 0.549. The zero-order valence-corrected chi connectivity index (χ0v) is 10.9. The van der Waals surface area contributed by atoms with Crippen LogP contribution in [0.1, 0.15) is 64.2 Å². The molecule has 0 aromatic rings. The van der Waals surface area contributed by atoms with Crippen LogP contribution in [-0.4, -0.2) is 6.54 Å². The molecule has 2 nitrogen and oxygen atoms in total. The van der Waals surface area contributed by atoms with Crippen LogP contribution in [0.25, 0.3) is 0 Å². The Bertz CT molecular complexity index is 262. The van der Waals surface area contributed by atoms with Crippen molar-refractivity contribution in [3.63, 3.8) is 0 Å². The third kappa shape index (κ3) is 4.25. The number of fused-ring (bicyclic) bond motifs is 9. The second-order valence-electron chi connectivity index (χ2n) is 5.85. The van der Waals surface area contributed by atoms with Crippen molar-refractivity contribution in [1.29, 1.82) is 0 Å². The fourth-order valence-electron chi connectivity index (χ4n) is 3.33. The van der Waals surface area contributed by atoms with Crippen LogP contribution in [0, 0.1) is 16.7 Å². The highest BCUT2D eigenvalue weighted by Gasteiger charge is 2.19. The third-order valence-corrected chi connectivity index (χ3v) is 4.56. The van der Waals surface area contributed by atoms with Crippen molar-refractivity contribution >= 4 is 0 Å². The highest BCUT2D eigenvalue weighted by Crippen LogP contribution is 2.33. The van der Waals surface area contributed by atoms with Gasteiger partial charge in [-0.15, -0.1) is 0 Å². The highest BCUT2D eigenvalue weighted by atomic mass is 16.3. The molecule has 0 saturated heterocycles. The molecule has 3 rings (SSSR count). The molecule has 17 heavy (non-hydrogen) atoms. The number of hydrogen-bond donors (Lipinski definition) is 0. The summed E-state index contributed by atoms with van der Waals surface area (Å²) in [5, 5.41) is 3.13. The van der Waals surface area contributed by atoms with Crippen LogP contribution in [0.4, 0.5) is 0 Å². The number of nitroso groups, excluding NO2 is 1. The van der Waals surface area contributed by atoms with Gasteiger partial charge in [0.1, 0.15) is 0 Å². The molecule has 96 valence electrons. The van der Waals surface area contributed by atoms with Crippen molar-refractivity contribution in [3.05, 3.63) is 16.6 Å². The molecule has 0 aliphatic heterocycles. The second-order valence-corrected chi connectivity index (χ2v) is 5.85. The lowest BCUT2D eigenvalue weighted by Crippen LogP contribution is -2.13. The molecule has 0 amide bonds. The smallest absolute Gasteiger partial charge is 0.0839 e. The minimum Gasteiger partial charge on any atom is -0.151 e. The van der Waals surface area contributed by atoms with Crippen LogP contribution in [0.5, 0.6) is 0 Å². The third-order valence-electron chi connectivity index (χ3n) is 4.56. The molecule has 1 fully saturated rings. The van der Waals surface area contributed by atoms with Crippen molar-refractivity contribution in [2.75, 3.05) is 6.54 Å². The molecule has 0 radical (unpaired) electrons. The van der Waals surface area contributed by atoms with Gasteiger partial charge in [-0.05, 0) is 63.2 Å². The fraction of sp³-hybridized carbons (Fsp3) is 0.867. The van der Waals surface area contributed by atoms with Crippen LogP contribution in [-0.2, 0) is 0 Å². The lowest BCUT2D eigenvalue weighted by molar-refractivity contribution is 0.324. The molecular formula is C15H25NO. The van der Waals surface area contributed by atoms with Gasteiger partial charge in [0.05, 0.1) is 6.54 Å². The summed E-state index contributed by atoms with van der Waals surface area (Å²) in [5.41, 5.74) is 1.72. The van der Waals surface area contributed by atoms with E-state index in [1.165, 1.54) is 64.2 Å². The standard InChI is InChI=1S/C15H25NO/c17-16-12-15-5-3-1-2-4-13-6-8-14(9-7-13)10-11-15/h4,14-15H,1-3,5-12H2. The molecular weight excluding hydrogens is 210 g/mol. The molecule has 0 spiro atoms. The van der Waals surface area contributed by atoms with E-state index in [9.17, 15) is 4.91 Å². The lowest BCUT2D eigenvalue weighted by atomic mass is 9.80. The van der Waals surface area contributed by atoms with E-state index in [-0.39, 0.29) is 0 Å². The molecule has 2 heteroatoms. The van der Waals surface area contributed by atoms with E-state index in [0.29, 0.717) is 12.5 Å². The molecule has 3 aliphatic rings. The van der Waals surface area contributed by atoms with E-state index in [1.807, 2.05) is 0 Å². The van der Waals surface area contributed by atoms with Gasteiger partial charge in [0.15, 0.2) is 0 Å². The monoisotopic (exact) mass is 235 g/mol. The summed E-state index contributed by atoms with van der Waals surface area (Å²) >= 11 is 0. The summed E-state index contributed by atoms with van der Waals surface area (Å²) in [7, 11) is 0. The topological polar surface area (TPSA) is 29.4 Å². The van der Waals surface area contributed by atoms with E-state index in [0.717, 1.165) is 5.92 Å². The number of hydrogen-bond acceptors (Lipinski definition) is 2. The molecule has 3 aliphatic carbocycles. The molecule has 0 heterocycles. The van der Waals surface area contributed by atoms with Crippen molar-refractivity contribution < 1.29 is 0 Å². The maximum atomic E-state index is 10.4. The summed E-state index contributed by atoms with van der Waals surface area (Å²) in [6.45, 7) is 0.549. The van der Waals surface area contributed by atoms with Gasteiger partial charge >= 0.3 is 0 Å². The van der Waals surface area contributed by atoms with Crippen molar-refractivity contribution in [3.8, 4) is 0 Å². The fourth-order valence-corrected chi connectivity index (χ4v) is 3.33. The first-order valence-corrected chi connectivity index (χ1v) is 7.35. The van der Waals surface area contributed by atoms with E-state index >= 15 is 0 Å². The molecule has 1 atom stereocenters. The lowest BCUT2D eigenvalue weighted by Gasteiger charge is -2.26. The maximum Gasteiger partial charge on any atom is 0.0839 e. The van der Waals surface area contributed by atoms with Gasteiger partial charge in [-0.3, -0.25) is 0 Å². The van der Waals surface area contributed by atoms with Gasteiger partial charge in [-0.25, -0.2) is 0 Å². The quantitative estimate of drug-likeness (QED) is 0.497. The normalized spacial score (nSPS) is 31.2. The van der Waals surface area contributed by atoms with E-state index in [2.05, 4.69) is 11.3 Å². The van der Waals surface area contributed by atoms with E-state index in [1.54, 1.807) is 5.57 Å². The summed E-state index contributed by atoms with van der Waals surface area (Å²) in [5.74, 6) is 1.48. The van der Waals surface area contributed by atoms with Gasteiger partial charge < -0.3 is 0 Å². The summed E-state index contributed by atoms with van der Waals surface area (Å²) in [6.07, 6.45) is 15.5. The van der Waals surface area contributed by atoms with Crippen molar-refractivity contribution in [2.45, 2.75) is 64.2 Å². The average molecular weight is 235 g/mol. The minimum absolute atomic E-state index is 0.549. The number of allylic oxidation sites excluding steroid dienone is 2. The molecule has 0 aromatic carbocycles. The first kappa shape index (κ1) is 12.8. The summed E-state index contributed by atoms with van der Waals surface area (Å²) in [6, 6.07) is 0. The van der Waals surface area contributed by atoms with Gasteiger partial charge in [-0.1, -0.05) is 29.7 Å². The molecule has 0 N–H and O–H groups in total. The van der Waals surface area contributed by atoms with Crippen LogP contribution in [0.15, 0.2) is 16.8 Å². The molecule has 0 aromatic heterocycles. The predicted octanol–water partition coefficient (Wildman–Crippen LogP) is 4.84. The molecule has 1 saturated carbocycles. The van der Waals surface area contributed by atoms with E-state index in [4.69, 9.17) is 0 Å². The zero-order valence-electron chi connectivity index (χ0n) is 10.9. The molecule has 2 bridgehead atoms. The van der Waals surface area contributed by atoms with Crippen LogP contribution in [0.2, 0.25) is 0 Å². The maximum absolute atomic E-state index is 10.4. The van der Waals surface area contributed by atoms with Gasteiger partial charge in [0, 0.05) is 0 Å². The number of nitrogens with zero attached hydrogens (tertiary/aromatic N) is 1. The molecule has 1 unspecified atom stereocenters. The predicted molar refractivity (Wildman–Crippen MR) is 71.9 cm³/mol. The largest absolute Gasteiger partial charge is 0.151 e. The highest BCUT2D eigenvalue weighted by molar-refractivity contribution is 5.05. The first-order chi connectivity index (χ1) is 8.38. The Morgan fingerprint density at radius 2 is 1.88 bits per heavy atom. The Labute approximate surface area is 105 Å². The Kier molecular flexibility index (Phi) is 5.21. The zero-order chi connectivity index (χ0) is 11.9. The Hall–Kier alpha value is -0.660. The van der Waals surface area contributed by atoms with E-state index < -0.39 is 0 Å².